The summed E-state index contributed by atoms with van der Waals surface area (Å²) in [5.74, 6) is -7.78. The van der Waals surface area contributed by atoms with Gasteiger partial charge in [-0.25, -0.2) is 21.6 Å². The summed E-state index contributed by atoms with van der Waals surface area (Å²) >= 11 is 6.24. The molecule has 0 aliphatic heterocycles. The van der Waals surface area contributed by atoms with Gasteiger partial charge in [-0.2, -0.15) is 0 Å². The van der Waals surface area contributed by atoms with Gasteiger partial charge in [-0.15, -0.1) is 0 Å². The van der Waals surface area contributed by atoms with Gasteiger partial charge in [-0.05, 0) is 62.6 Å². The topological polar surface area (TPSA) is 153 Å². The Hall–Kier alpha value is -2.71. The number of hydrogen-bond acceptors (Lipinski definition) is 7. The van der Waals surface area contributed by atoms with Crippen LogP contribution in [0.4, 0.5) is 18.9 Å². The fraction of sp³-hybridized carbons (Fsp3) is 0.481. The van der Waals surface area contributed by atoms with Gasteiger partial charge < -0.3 is 26.0 Å². The third kappa shape index (κ3) is 5.01. The molecule has 0 radical (unpaired) electrons. The van der Waals surface area contributed by atoms with E-state index in [-0.39, 0.29) is 47.0 Å². The molecule has 2 aromatic carbocycles. The largest absolute Gasteiger partial charge is 0.390 e. The second kappa shape index (κ2) is 10.5. The molecule has 0 spiro atoms. The number of nitrogens with one attached hydrogen (secondary N) is 2. The predicted octanol–water partition coefficient (Wildman–Crippen LogP) is 2.71. The smallest absolute Gasteiger partial charge is 0.255 e. The van der Waals surface area contributed by atoms with E-state index in [0.29, 0.717) is 31.4 Å². The van der Waals surface area contributed by atoms with Crippen LogP contribution in [0.25, 0.3) is 0 Å². The molecular formula is C27H28ClF3N2O7S. The number of amides is 2. The van der Waals surface area contributed by atoms with Crippen LogP contribution in [0.1, 0.15) is 48.9 Å². The average Bonchev–Trinajstić information content (AvgIpc) is 3.53. The van der Waals surface area contributed by atoms with E-state index in [1.165, 1.54) is 12.1 Å². The number of anilines is 1. The van der Waals surface area contributed by atoms with Crippen LogP contribution in [0.3, 0.4) is 0 Å². The quantitative estimate of drug-likeness (QED) is 0.300. The fourth-order valence-electron chi connectivity index (χ4n) is 6.54. The van der Waals surface area contributed by atoms with Crippen molar-refractivity contribution < 1.29 is 46.5 Å². The molecule has 9 nitrogen and oxygen atoms in total. The van der Waals surface area contributed by atoms with Crippen LogP contribution in [-0.2, 0) is 14.6 Å². The van der Waals surface area contributed by atoms with Crippen molar-refractivity contribution >= 4 is 38.9 Å². The summed E-state index contributed by atoms with van der Waals surface area (Å²) in [6.07, 6.45) is 0.456. The maximum atomic E-state index is 13.8. The molecule has 3 unspecified atom stereocenters. The Kier molecular flexibility index (Phi) is 7.65. The zero-order valence-corrected chi connectivity index (χ0v) is 23.1. The first kappa shape index (κ1) is 29.8. The van der Waals surface area contributed by atoms with Crippen LogP contribution in [0, 0.1) is 29.3 Å². The van der Waals surface area contributed by atoms with Crippen LogP contribution < -0.4 is 10.6 Å². The highest BCUT2D eigenvalue weighted by atomic mass is 35.5. The summed E-state index contributed by atoms with van der Waals surface area (Å²) in [5, 5.41) is 35.6. The predicted molar refractivity (Wildman–Crippen MR) is 140 cm³/mol. The number of carbonyl (C=O) groups excluding carboxylic acids is 2. The van der Waals surface area contributed by atoms with Crippen molar-refractivity contribution in [2.24, 2.45) is 11.8 Å². The van der Waals surface area contributed by atoms with Gasteiger partial charge in [-0.3, -0.25) is 9.59 Å². The monoisotopic (exact) mass is 616 g/mol. The summed E-state index contributed by atoms with van der Waals surface area (Å²) in [6.45, 7) is -0.316. The maximum absolute atomic E-state index is 13.8. The summed E-state index contributed by atoms with van der Waals surface area (Å²) < 4.78 is 68.0. The van der Waals surface area contributed by atoms with Crippen LogP contribution in [0.2, 0.25) is 5.02 Å². The van der Waals surface area contributed by atoms with Crippen molar-refractivity contribution in [3.05, 3.63) is 58.4 Å². The first-order chi connectivity index (χ1) is 19.2. The zero-order valence-electron chi connectivity index (χ0n) is 21.5. The molecule has 3 aliphatic carbocycles. The molecule has 0 saturated heterocycles. The van der Waals surface area contributed by atoms with Gasteiger partial charge in [0.2, 0.25) is 0 Å². The van der Waals surface area contributed by atoms with E-state index in [1.54, 1.807) is 0 Å². The number of aliphatic hydroxyl groups is 3. The Labute approximate surface area is 238 Å². The molecule has 2 aromatic rings. The number of rotatable bonds is 7. The van der Waals surface area contributed by atoms with Gasteiger partial charge in [0.05, 0.1) is 26.9 Å². The summed E-state index contributed by atoms with van der Waals surface area (Å²) in [7, 11) is -4.24. The number of halogens is 4. The molecular weight excluding hydrogens is 589 g/mol. The lowest BCUT2D eigenvalue weighted by Gasteiger charge is -2.32. The number of carbonyl (C=O) groups is 2. The van der Waals surface area contributed by atoms with E-state index < -0.39 is 73.5 Å². The van der Waals surface area contributed by atoms with Gasteiger partial charge in [0.15, 0.2) is 32.9 Å². The van der Waals surface area contributed by atoms with E-state index in [9.17, 15) is 46.5 Å². The SMILES string of the molecule is O=C(Nc1cc(F)c(F)c(F)c1)c1ccc(Cl)c(S(=O)(=O)C2CC3CCC2[C@@]3(O)CNC(=O)[C@]2(O)CCC[C@H]2O)c1. The van der Waals surface area contributed by atoms with Crippen molar-refractivity contribution in [2.75, 3.05) is 11.9 Å². The summed E-state index contributed by atoms with van der Waals surface area (Å²) in [6, 6.07) is 4.56. The Morgan fingerprint density at radius 3 is 2.37 bits per heavy atom. The molecule has 3 fully saturated rings. The highest BCUT2D eigenvalue weighted by molar-refractivity contribution is 7.92. The second-order valence-corrected chi connectivity index (χ2v) is 13.6. The third-order valence-electron chi connectivity index (χ3n) is 8.79. The van der Waals surface area contributed by atoms with E-state index in [4.69, 9.17) is 11.6 Å². The van der Waals surface area contributed by atoms with E-state index in [2.05, 4.69) is 10.6 Å². The van der Waals surface area contributed by atoms with Gasteiger partial charge in [0.25, 0.3) is 11.8 Å². The van der Waals surface area contributed by atoms with Crippen molar-refractivity contribution in [1.29, 1.82) is 0 Å². The maximum Gasteiger partial charge on any atom is 0.255 e. The summed E-state index contributed by atoms with van der Waals surface area (Å²) in [4.78, 5) is 25.1. The fourth-order valence-corrected chi connectivity index (χ4v) is 9.23. The number of fused-ring (bicyclic) bond motifs is 2. The molecule has 2 amide bonds. The van der Waals surface area contributed by atoms with Crippen LogP contribution >= 0.6 is 11.6 Å². The van der Waals surface area contributed by atoms with Crippen molar-refractivity contribution in [3.8, 4) is 0 Å². The van der Waals surface area contributed by atoms with Crippen LogP contribution in [-0.4, -0.2) is 64.7 Å². The van der Waals surface area contributed by atoms with Gasteiger partial charge in [-0.1, -0.05) is 11.6 Å². The molecule has 0 aromatic heterocycles. The first-order valence-electron chi connectivity index (χ1n) is 13.1. The van der Waals surface area contributed by atoms with Gasteiger partial charge >= 0.3 is 0 Å². The molecule has 0 heterocycles. The minimum Gasteiger partial charge on any atom is -0.390 e. The lowest BCUT2D eigenvalue weighted by molar-refractivity contribution is -0.150. The molecule has 5 N–H and O–H groups in total. The molecule has 6 atom stereocenters. The van der Waals surface area contributed by atoms with Crippen molar-refractivity contribution in [3.63, 3.8) is 0 Å². The highest BCUT2D eigenvalue weighted by Gasteiger charge is 2.62. The number of hydrogen-bond donors (Lipinski definition) is 5. The summed E-state index contributed by atoms with van der Waals surface area (Å²) in [5.41, 5.74) is -4.15. The minimum atomic E-state index is -4.24. The highest BCUT2D eigenvalue weighted by Crippen LogP contribution is 2.55. The van der Waals surface area contributed by atoms with Crippen LogP contribution in [0.15, 0.2) is 35.2 Å². The van der Waals surface area contributed by atoms with Crippen molar-refractivity contribution in [2.45, 2.75) is 66.0 Å². The lowest BCUT2D eigenvalue weighted by atomic mass is 9.90. The molecule has 14 heteroatoms. The Morgan fingerprint density at radius 2 is 1.73 bits per heavy atom. The molecule has 3 saturated carbocycles. The Morgan fingerprint density at radius 1 is 1.05 bits per heavy atom. The van der Waals surface area contributed by atoms with Gasteiger partial charge in [0.1, 0.15) is 0 Å². The zero-order chi connectivity index (χ0) is 29.9. The van der Waals surface area contributed by atoms with Gasteiger partial charge in [0, 0.05) is 35.8 Å². The molecule has 3 aliphatic rings. The lowest BCUT2D eigenvalue weighted by Crippen LogP contribution is -2.56. The standard InChI is InChI=1S/C27H28ClF3N2O7S/c28-17-6-3-13(24(35)33-15-10-18(29)23(31)19(30)11-15)8-21(17)41(39,40)20-9-14-4-5-16(20)27(14,38)12-32-25(36)26(37)7-1-2-22(26)34/h3,6,8,10-11,14,16,20,22,34,37-38H,1-2,4-5,7,9,12H2,(H,32,36)(H,33,35)/t14?,16?,20?,22-,26+,27-/m1/s1. The number of benzene rings is 2. The number of sulfone groups is 1. The van der Waals surface area contributed by atoms with E-state index in [1.807, 2.05) is 0 Å². The molecule has 222 valence electrons. The average molecular weight is 617 g/mol. The normalized spacial score (nSPS) is 30.9. The van der Waals surface area contributed by atoms with E-state index >= 15 is 0 Å². The first-order valence-corrected chi connectivity index (χ1v) is 15.0. The Balaban J connectivity index is 1.35. The molecule has 41 heavy (non-hydrogen) atoms. The third-order valence-corrected chi connectivity index (χ3v) is 11.5. The second-order valence-electron chi connectivity index (χ2n) is 11.1. The Bertz CT molecular complexity index is 1500. The minimum absolute atomic E-state index is 0.0626. The number of aliphatic hydroxyl groups excluding tert-OH is 1. The molecule has 2 bridgehead atoms. The molecule has 5 rings (SSSR count). The van der Waals surface area contributed by atoms with Crippen molar-refractivity contribution in [1.82, 2.24) is 5.32 Å². The van der Waals surface area contributed by atoms with E-state index in [0.717, 1.165) is 6.07 Å². The van der Waals surface area contributed by atoms with Crippen LogP contribution in [0.5, 0.6) is 0 Å².